The summed E-state index contributed by atoms with van der Waals surface area (Å²) in [6.07, 6.45) is 0. The summed E-state index contributed by atoms with van der Waals surface area (Å²) >= 11 is 1.21. The van der Waals surface area contributed by atoms with Gasteiger partial charge in [0.15, 0.2) is 0 Å². The minimum atomic E-state index is -0.916. The van der Waals surface area contributed by atoms with Crippen molar-refractivity contribution in [3.8, 4) is 11.3 Å². The number of carboxylic acids is 1. The third kappa shape index (κ3) is 1.97. The van der Waals surface area contributed by atoms with Crippen LogP contribution < -0.4 is 0 Å². The largest absolute Gasteiger partial charge is 0.477 e. The number of nitrogens with zero attached hydrogens (tertiary/aromatic N) is 1. The minimum Gasteiger partial charge on any atom is -0.477 e. The molecule has 0 amide bonds. The van der Waals surface area contributed by atoms with E-state index in [9.17, 15) is 4.79 Å². The van der Waals surface area contributed by atoms with E-state index in [1.165, 1.54) is 11.3 Å². The average Bonchev–Trinajstić information content (AvgIpc) is 2.61. The van der Waals surface area contributed by atoms with Crippen molar-refractivity contribution in [3.05, 3.63) is 39.7 Å². The highest BCUT2D eigenvalue weighted by molar-refractivity contribution is 7.14. The number of aryl methyl sites for hydroxylation is 2. The molecule has 0 radical (unpaired) electrons. The lowest BCUT2D eigenvalue weighted by Crippen LogP contribution is -1.95. The molecule has 2 rings (SSSR count). The molecule has 0 aliphatic carbocycles. The van der Waals surface area contributed by atoms with Crippen LogP contribution in [0.15, 0.2) is 24.3 Å². The summed E-state index contributed by atoms with van der Waals surface area (Å²) in [6, 6.07) is 7.71. The summed E-state index contributed by atoms with van der Waals surface area (Å²) in [5.41, 5.74) is 2.56. The molecular formula is C12H11NO2S. The number of hydrogen-bond donors (Lipinski definition) is 1. The van der Waals surface area contributed by atoms with Crippen LogP contribution in [-0.2, 0) is 0 Å². The summed E-state index contributed by atoms with van der Waals surface area (Å²) in [6.45, 7) is 3.81. The van der Waals surface area contributed by atoms with E-state index in [4.69, 9.17) is 5.11 Å². The molecule has 0 aliphatic rings. The van der Waals surface area contributed by atoms with Crippen LogP contribution in [0.2, 0.25) is 0 Å². The molecule has 0 saturated carbocycles. The second-order valence-electron chi connectivity index (χ2n) is 3.58. The lowest BCUT2D eigenvalue weighted by atomic mass is 10.1. The molecule has 2 aromatic rings. The Morgan fingerprint density at radius 1 is 1.25 bits per heavy atom. The van der Waals surface area contributed by atoms with Crippen molar-refractivity contribution in [2.45, 2.75) is 13.8 Å². The lowest BCUT2D eigenvalue weighted by Gasteiger charge is -1.99. The number of aromatic nitrogens is 1. The summed E-state index contributed by atoms with van der Waals surface area (Å²) in [5.74, 6) is -0.916. The van der Waals surface area contributed by atoms with Crippen LogP contribution in [0.1, 0.15) is 20.2 Å². The first-order valence-electron chi connectivity index (χ1n) is 4.85. The van der Waals surface area contributed by atoms with E-state index in [2.05, 4.69) is 4.98 Å². The van der Waals surface area contributed by atoms with Crippen molar-refractivity contribution in [3.63, 3.8) is 0 Å². The molecule has 0 unspecified atom stereocenters. The Bertz CT molecular complexity index is 528. The molecule has 82 valence electrons. The highest BCUT2D eigenvalue weighted by atomic mass is 32.1. The van der Waals surface area contributed by atoms with Crippen molar-refractivity contribution in [2.24, 2.45) is 0 Å². The van der Waals surface area contributed by atoms with E-state index in [-0.39, 0.29) is 0 Å². The SMILES string of the molecule is Cc1ccc(-c2nc(C)sc2C(=O)O)cc1. The van der Waals surface area contributed by atoms with Gasteiger partial charge in [0.05, 0.1) is 10.7 Å². The van der Waals surface area contributed by atoms with Gasteiger partial charge >= 0.3 is 5.97 Å². The van der Waals surface area contributed by atoms with Gasteiger partial charge in [0, 0.05) is 5.56 Å². The van der Waals surface area contributed by atoms with Crippen LogP contribution in [0.5, 0.6) is 0 Å². The second kappa shape index (κ2) is 4.06. The Kier molecular flexibility index (Phi) is 2.75. The number of rotatable bonds is 2. The molecule has 1 aromatic carbocycles. The predicted molar refractivity (Wildman–Crippen MR) is 64.0 cm³/mol. The fraction of sp³-hybridized carbons (Fsp3) is 0.167. The fourth-order valence-electron chi connectivity index (χ4n) is 1.48. The van der Waals surface area contributed by atoms with Crippen LogP contribution in [0, 0.1) is 13.8 Å². The van der Waals surface area contributed by atoms with Crippen LogP contribution in [0.4, 0.5) is 0 Å². The Morgan fingerprint density at radius 2 is 1.88 bits per heavy atom. The van der Waals surface area contributed by atoms with Crippen molar-refractivity contribution in [1.29, 1.82) is 0 Å². The summed E-state index contributed by atoms with van der Waals surface area (Å²) in [7, 11) is 0. The quantitative estimate of drug-likeness (QED) is 0.867. The highest BCUT2D eigenvalue weighted by Gasteiger charge is 2.16. The number of benzene rings is 1. The molecule has 1 heterocycles. The first-order chi connectivity index (χ1) is 7.58. The first-order valence-corrected chi connectivity index (χ1v) is 5.67. The predicted octanol–water partition coefficient (Wildman–Crippen LogP) is 3.13. The molecular weight excluding hydrogens is 222 g/mol. The van der Waals surface area contributed by atoms with Gasteiger partial charge in [-0.2, -0.15) is 0 Å². The van der Waals surface area contributed by atoms with E-state index in [0.717, 1.165) is 16.1 Å². The molecule has 0 aliphatic heterocycles. The van der Waals surface area contributed by atoms with Gasteiger partial charge in [-0.25, -0.2) is 9.78 Å². The second-order valence-corrected chi connectivity index (χ2v) is 4.78. The third-order valence-corrected chi connectivity index (χ3v) is 3.21. The Labute approximate surface area is 97.4 Å². The van der Waals surface area contributed by atoms with E-state index >= 15 is 0 Å². The Morgan fingerprint density at radius 3 is 2.44 bits per heavy atom. The number of carboxylic acid groups (broad SMARTS) is 1. The molecule has 0 bridgehead atoms. The standard InChI is InChI=1S/C12H11NO2S/c1-7-3-5-9(6-4-7)10-11(12(14)15)16-8(2)13-10/h3-6H,1-2H3,(H,14,15). The summed E-state index contributed by atoms with van der Waals surface area (Å²) in [4.78, 5) is 15.6. The van der Waals surface area contributed by atoms with E-state index in [0.29, 0.717) is 10.6 Å². The maximum absolute atomic E-state index is 11.0. The van der Waals surface area contributed by atoms with Gasteiger partial charge in [-0.05, 0) is 13.8 Å². The van der Waals surface area contributed by atoms with Gasteiger partial charge in [-0.1, -0.05) is 29.8 Å². The first kappa shape index (κ1) is 10.8. The molecule has 0 spiro atoms. The third-order valence-electron chi connectivity index (χ3n) is 2.25. The normalized spacial score (nSPS) is 10.4. The Balaban J connectivity index is 2.55. The zero-order valence-electron chi connectivity index (χ0n) is 9.02. The highest BCUT2D eigenvalue weighted by Crippen LogP contribution is 2.28. The number of thiazole rings is 1. The van der Waals surface area contributed by atoms with Crippen molar-refractivity contribution in [1.82, 2.24) is 4.98 Å². The van der Waals surface area contributed by atoms with E-state index in [1.807, 2.05) is 38.1 Å². The monoisotopic (exact) mass is 233 g/mol. The topological polar surface area (TPSA) is 50.2 Å². The van der Waals surface area contributed by atoms with Gasteiger partial charge in [0.1, 0.15) is 4.88 Å². The molecule has 3 nitrogen and oxygen atoms in total. The van der Waals surface area contributed by atoms with E-state index in [1.54, 1.807) is 0 Å². The number of hydrogen-bond acceptors (Lipinski definition) is 3. The van der Waals surface area contributed by atoms with Crippen LogP contribution >= 0.6 is 11.3 Å². The van der Waals surface area contributed by atoms with Crippen molar-refractivity contribution < 1.29 is 9.90 Å². The number of aromatic carboxylic acids is 1. The maximum atomic E-state index is 11.0. The van der Waals surface area contributed by atoms with Gasteiger partial charge in [-0.3, -0.25) is 0 Å². The zero-order chi connectivity index (χ0) is 11.7. The van der Waals surface area contributed by atoms with Gasteiger partial charge in [0.25, 0.3) is 0 Å². The van der Waals surface area contributed by atoms with Gasteiger partial charge in [-0.15, -0.1) is 11.3 Å². The zero-order valence-corrected chi connectivity index (χ0v) is 9.84. The van der Waals surface area contributed by atoms with Gasteiger partial charge in [0.2, 0.25) is 0 Å². The van der Waals surface area contributed by atoms with Crippen molar-refractivity contribution >= 4 is 17.3 Å². The smallest absolute Gasteiger partial charge is 0.348 e. The summed E-state index contributed by atoms with van der Waals surface area (Å²) < 4.78 is 0. The molecule has 1 aromatic heterocycles. The molecule has 16 heavy (non-hydrogen) atoms. The fourth-order valence-corrected chi connectivity index (χ4v) is 2.26. The minimum absolute atomic E-state index is 0.307. The van der Waals surface area contributed by atoms with Crippen LogP contribution in [-0.4, -0.2) is 16.1 Å². The van der Waals surface area contributed by atoms with Crippen molar-refractivity contribution in [2.75, 3.05) is 0 Å². The Hall–Kier alpha value is -1.68. The molecule has 0 fully saturated rings. The van der Waals surface area contributed by atoms with Crippen LogP contribution in [0.25, 0.3) is 11.3 Å². The molecule has 0 saturated heterocycles. The molecule has 0 atom stereocenters. The number of carbonyl (C=O) groups is 1. The maximum Gasteiger partial charge on any atom is 0.348 e. The van der Waals surface area contributed by atoms with Crippen LogP contribution in [0.3, 0.4) is 0 Å². The van der Waals surface area contributed by atoms with E-state index < -0.39 is 5.97 Å². The summed E-state index contributed by atoms with van der Waals surface area (Å²) in [5, 5.41) is 9.84. The molecule has 1 N–H and O–H groups in total. The lowest BCUT2D eigenvalue weighted by molar-refractivity contribution is 0.0702. The average molecular weight is 233 g/mol. The van der Waals surface area contributed by atoms with Gasteiger partial charge < -0.3 is 5.11 Å². The molecule has 4 heteroatoms.